The van der Waals surface area contributed by atoms with Gasteiger partial charge < -0.3 is 10.5 Å². The number of aromatic nitrogens is 2. The molecular formula is C14H13FN4O. The van der Waals surface area contributed by atoms with Gasteiger partial charge in [-0.15, -0.1) is 0 Å². The van der Waals surface area contributed by atoms with Gasteiger partial charge in [0.05, 0.1) is 5.69 Å². The summed E-state index contributed by atoms with van der Waals surface area (Å²) in [5.74, 6) is -0.0797. The van der Waals surface area contributed by atoms with Crippen molar-refractivity contribution in [1.29, 1.82) is 5.26 Å². The SMILES string of the molecule is N#Cc1c(C2CCCO2)nn(-c2ccc(F)cc2)c1N. The van der Waals surface area contributed by atoms with E-state index < -0.39 is 0 Å². The average molecular weight is 272 g/mol. The fourth-order valence-electron chi connectivity index (χ4n) is 2.36. The molecule has 0 bridgehead atoms. The zero-order valence-corrected chi connectivity index (χ0v) is 10.7. The maximum absolute atomic E-state index is 13.0. The van der Waals surface area contributed by atoms with Crippen LogP contribution in [0.1, 0.15) is 30.2 Å². The number of nitrogens with zero attached hydrogens (tertiary/aromatic N) is 3. The molecule has 1 aliphatic rings. The van der Waals surface area contributed by atoms with E-state index in [0.717, 1.165) is 12.8 Å². The van der Waals surface area contributed by atoms with E-state index in [0.29, 0.717) is 23.6 Å². The van der Waals surface area contributed by atoms with Crippen molar-refractivity contribution in [3.8, 4) is 11.8 Å². The molecular weight excluding hydrogens is 259 g/mol. The van der Waals surface area contributed by atoms with Gasteiger partial charge in [0.1, 0.15) is 35.1 Å². The van der Waals surface area contributed by atoms with Crippen molar-refractivity contribution in [2.24, 2.45) is 0 Å². The third kappa shape index (κ3) is 2.02. The van der Waals surface area contributed by atoms with Crippen molar-refractivity contribution in [3.63, 3.8) is 0 Å². The van der Waals surface area contributed by atoms with Gasteiger partial charge in [-0.05, 0) is 37.1 Å². The topological polar surface area (TPSA) is 76.9 Å². The van der Waals surface area contributed by atoms with Gasteiger partial charge in [-0.2, -0.15) is 10.4 Å². The molecule has 1 fully saturated rings. The summed E-state index contributed by atoms with van der Waals surface area (Å²) in [6, 6.07) is 7.87. The van der Waals surface area contributed by atoms with E-state index in [4.69, 9.17) is 10.5 Å². The minimum Gasteiger partial charge on any atom is -0.382 e. The number of rotatable bonds is 2. The van der Waals surface area contributed by atoms with Gasteiger partial charge >= 0.3 is 0 Å². The molecule has 1 aliphatic heterocycles. The molecule has 0 aliphatic carbocycles. The van der Waals surface area contributed by atoms with Gasteiger partial charge in [-0.25, -0.2) is 9.07 Å². The second kappa shape index (κ2) is 4.94. The Morgan fingerprint density at radius 1 is 1.40 bits per heavy atom. The fraction of sp³-hybridized carbons (Fsp3) is 0.286. The Bertz CT molecular complexity index is 666. The van der Waals surface area contributed by atoms with Crippen LogP contribution in [0.5, 0.6) is 0 Å². The van der Waals surface area contributed by atoms with E-state index >= 15 is 0 Å². The summed E-state index contributed by atoms with van der Waals surface area (Å²) in [4.78, 5) is 0. The van der Waals surface area contributed by atoms with Crippen LogP contribution in [0.3, 0.4) is 0 Å². The number of halogens is 1. The molecule has 2 N–H and O–H groups in total. The molecule has 5 nitrogen and oxygen atoms in total. The lowest BCUT2D eigenvalue weighted by molar-refractivity contribution is 0.108. The van der Waals surface area contributed by atoms with Crippen LogP contribution in [0.15, 0.2) is 24.3 Å². The quantitative estimate of drug-likeness (QED) is 0.910. The fourth-order valence-corrected chi connectivity index (χ4v) is 2.36. The Hall–Kier alpha value is -2.39. The van der Waals surface area contributed by atoms with Gasteiger partial charge in [-0.1, -0.05) is 0 Å². The summed E-state index contributed by atoms with van der Waals surface area (Å²) in [6.07, 6.45) is 1.58. The van der Waals surface area contributed by atoms with Crippen molar-refractivity contribution in [2.45, 2.75) is 18.9 Å². The van der Waals surface area contributed by atoms with Crippen LogP contribution in [0.2, 0.25) is 0 Å². The summed E-state index contributed by atoms with van der Waals surface area (Å²) in [6.45, 7) is 0.666. The van der Waals surface area contributed by atoms with Crippen molar-refractivity contribution >= 4 is 5.82 Å². The molecule has 0 amide bonds. The van der Waals surface area contributed by atoms with Crippen molar-refractivity contribution in [2.75, 3.05) is 12.3 Å². The number of ether oxygens (including phenoxy) is 1. The molecule has 3 rings (SSSR count). The van der Waals surface area contributed by atoms with Gasteiger partial charge in [0, 0.05) is 6.61 Å². The summed E-state index contributed by atoms with van der Waals surface area (Å²) in [5, 5.41) is 13.6. The molecule has 1 atom stereocenters. The first-order chi connectivity index (χ1) is 9.70. The Morgan fingerprint density at radius 2 is 2.15 bits per heavy atom. The van der Waals surface area contributed by atoms with Gasteiger partial charge in [0.25, 0.3) is 0 Å². The number of nitriles is 1. The molecule has 2 aromatic rings. The van der Waals surface area contributed by atoms with E-state index in [1.807, 2.05) is 0 Å². The lowest BCUT2D eigenvalue weighted by Gasteiger charge is -2.05. The highest BCUT2D eigenvalue weighted by molar-refractivity contribution is 5.56. The minimum atomic E-state index is -0.334. The predicted octanol–water partition coefficient (Wildman–Crippen LogP) is 2.32. The Kier molecular flexibility index (Phi) is 3.12. The second-order valence-corrected chi connectivity index (χ2v) is 4.65. The molecule has 0 spiro atoms. The zero-order chi connectivity index (χ0) is 14.1. The molecule has 1 unspecified atom stereocenters. The van der Waals surface area contributed by atoms with Gasteiger partial charge in [0.2, 0.25) is 0 Å². The average Bonchev–Trinajstić information content (AvgIpc) is 3.07. The largest absolute Gasteiger partial charge is 0.382 e. The molecule has 1 saturated heterocycles. The Morgan fingerprint density at radius 3 is 2.75 bits per heavy atom. The first kappa shape index (κ1) is 12.6. The van der Waals surface area contributed by atoms with E-state index in [1.54, 1.807) is 12.1 Å². The minimum absolute atomic E-state index is 0.186. The molecule has 0 radical (unpaired) electrons. The lowest BCUT2D eigenvalue weighted by Crippen LogP contribution is -2.03. The van der Waals surface area contributed by atoms with Crippen LogP contribution >= 0.6 is 0 Å². The summed E-state index contributed by atoms with van der Waals surface area (Å²) >= 11 is 0. The van der Waals surface area contributed by atoms with Gasteiger partial charge in [0.15, 0.2) is 0 Å². The highest BCUT2D eigenvalue weighted by atomic mass is 19.1. The van der Waals surface area contributed by atoms with Crippen LogP contribution in [0, 0.1) is 17.1 Å². The molecule has 20 heavy (non-hydrogen) atoms. The first-order valence-corrected chi connectivity index (χ1v) is 6.36. The van der Waals surface area contributed by atoms with Crippen LogP contribution in [0.4, 0.5) is 10.2 Å². The highest BCUT2D eigenvalue weighted by Gasteiger charge is 2.27. The molecule has 1 aromatic heterocycles. The molecule has 2 heterocycles. The highest BCUT2D eigenvalue weighted by Crippen LogP contribution is 2.33. The zero-order valence-electron chi connectivity index (χ0n) is 10.7. The normalized spacial score (nSPS) is 18.1. The smallest absolute Gasteiger partial charge is 0.145 e. The van der Waals surface area contributed by atoms with E-state index in [2.05, 4.69) is 11.2 Å². The van der Waals surface area contributed by atoms with Crippen molar-refractivity contribution < 1.29 is 9.13 Å². The maximum atomic E-state index is 13.0. The number of nitrogens with two attached hydrogens (primary N) is 1. The third-order valence-electron chi connectivity index (χ3n) is 3.37. The van der Waals surface area contributed by atoms with Crippen LogP contribution < -0.4 is 5.73 Å². The second-order valence-electron chi connectivity index (χ2n) is 4.65. The maximum Gasteiger partial charge on any atom is 0.145 e. The van der Waals surface area contributed by atoms with E-state index in [9.17, 15) is 9.65 Å². The Balaban J connectivity index is 2.08. The standard InChI is InChI=1S/C14H13FN4O/c15-9-3-5-10(6-4-9)19-14(17)11(8-16)13(18-19)12-2-1-7-20-12/h3-6,12H,1-2,7,17H2. The summed E-state index contributed by atoms with van der Waals surface area (Å²) < 4.78 is 20.0. The summed E-state index contributed by atoms with van der Waals surface area (Å²) in [7, 11) is 0. The van der Waals surface area contributed by atoms with Crippen molar-refractivity contribution in [3.05, 3.63) is 41.3 Å². The number of hydrogen-bond donors (Lipinski definition) is 1. The monoisotopic (exact) mass is 272 g/mol. The number of anilines is 1. The predicted molar refractivity (Wildman–Crippen MR) is 70.6 cm³/mol. The van der Waals surface area contributed by atoms with Gasteiger partial charge in [-0.3, -0.25) is 0 Å². The first-order valence-electron chi connectivity index (χ1n) is 6.36. The van der Waals surface area contributed by atoms with Crippen LogP contribution in [-0.4, -0.2) is 16.4 Å². The molecule has 102 valence electrons. The number of benzene rings is 1. The molecule has 0 saturated carbocycles. The van der Waals surface area contributed by atoms with Crippen LogP contribution in [-0.2, 0) is 4.74 Å². The number of hydrogen-bond acceptors (Lipinski definition) is 4. The van der Waals surface area contributed by atoms with E-state index in [1.165, 1.54) is 16.8 Å². The Labute approximate surface area is 115 Å². The molecule has 1 aromatic carbocycles. The number of nitrogen functional groups attached to an aromatic ring is 1. The third-order valence-corrected chi connectivity index (χ3v) is 3.37. The lowest BCUT2D eigenvalue weighted by atomic mass is 10.1. The van der Waals surface area contributed by atoms with Crippen molar-refractivity contribution in [1.82, 2.24) is 9.78 Å². The molecule has 6 heteroatoms. The van der Waals surface area contributed by atoms with Crippen LogP contribution in [0.25, 0.3) is 5.69 Å². The summed E-state index contributed by atoms with van der Waals surface area (Å²) in [5.41, 5.74) is 7.49. The van der Waals surface area contributed by atoms with E-state index in [-0.39, 0.29) is 17.7 Å².